The Morgan fingerprint density at radius 3 is 3.00 bits per heavy atom. The Labute approximate surface area is 109 Å². The maximum atomic E-state index is 6.19. The minimum absolute atomic E-state index is 0.699. The minimum Gasteiger partial charge on any atom is -0.396 e. The van der Waals surface area contributed by atoms with Crippen molar-refractivity contribution in [1.82, 2.24) is 15.0 Å². The Kier molecular flexibility index (Phi) is 2.76. The van der Waals surface area contributed by atoms with Crippen LogP contribution in [0.25, 0.3) is 21.7 Å². The molecular formula is C13H12N4S. The molecule has 5 heteroatoms. The molecular weight excluding hydrogens is 244 g/mol. The number of hydrogen-bond acceptors (Lipinski definition) is 5. The predicted octanol–water partition coefficient (Wildman–Crippen LogP) is 2.87. The fourth-order valence-electron chi connectivity index (χ4n) is 1.96. The van der Waals surface area contributed by atoms with E-state index >= 15 is 0 Å². The molecule has 0 aliphatic heterocycles. The molecule has 0 unspecified atom stereocenters. The SMILES string of the molecule is CCSc1ncc2cc3cnccc3c(N)c2n1. The Morgan fingerprint density at radius 2 is 2.17 bits per heavy atom. The molecule has 3 rings (SSSR count). The number of fused-ring (bicyclic) bond motifs is 2. The van der Waals surface area contributed by atoms with E-state index in [-0.39, 0.29) is 0 Å². The molecule has 90 valence electrons. The fourth-order valence-corrected chi connectivity index (χ4v) is 2.50. The van der Waals surface area contributed by atoms with Gasteiger partial charge in [0, 0.05) is 34.7 Å². The Bertz CT molecular complexity index is 727. The number of pyridine rings is 1. The molecule has 0 radical (unpaired) electrons. The number of thioether (sulfide) groups is 1. The van der Waals surface area contributed by atoms with Crippen LogP contribution in [0, 0.1) is 0 Å². The van der Waals surface area contributed by atoms with Crippen LogP contribution in [0.5, 0.6) is 0 Å². The first-order chi connectivity index (χ1) is 8.79. The van der Waals surface area contributed by atoms with Gasteiger partial charge in [-0.3, -0.25) is 4.98 Å². The van der Waals surface area contributed by atoms with E-state index in [1.54, 1.807) is 24.2 Å². The molecule has 0 atom stereocenters. The molecule has 18 heavy (non-hydrogen) atoms. The summed E-state index contributed by atoms with van der Waals surface area (Å²) >= 11 is 1.61. The number of anilines is 1. The van der Waals surface area contributed by atoms with Gasteiger partial charge in [-0.25, -0.2) is 9.97 Å². The molecule has 0 fully saturated rings. The van der Waals surface area contributed by atoms with Crippen LogP contribution in [0.1, 0.15) is 6.92 Å². The largest absolute Gasteiger partial charge is 0.396 e. The first-order valence-electron chi connectivity index (χ1n) is 5.71. The van der Waals surface area contributed by atoms with Crippen molar-refractivity contribution in [3.05, 3.63) is 30.7 Å². The smallest absolute Gasteiger partial charge is 0.188 e. The van der Waals surface area contributed by atoms with Gasteiger partial charge in [0.25, 0.3) is 0 Å². The third-order valence-electron chi connectivity index (χ3n) is 2.78. The second kappa shape index (κ2) is 4.42. The molecule has 2 aromatic heterocycles. The van der Waals surface area contributed by atoms with E-state index in [1.807, 2.05) is 18.3 Å². The Hall–Kier alpha value is -1.88. The lowest BCUT2D eigenvalue weighted by Gasteiger charge is -2.07. The van der Waals surface area contributed by atoms with Gasteiger partial charge in [0.15, 0.2) is 5.16 Å². The van der Waals surface area contributed by atoms with E-state index in [0.29, 0.717) is 5.69 Å². The normalized spacial score (nSPS) is 11.2. The lowest BCUT2D eigenvalue weighted by Crippen LogP contribution is -1.95. The standard InChI is InChI=1S/C13H12N4S/c1-2-18-13-16-7-9-5-8-6-15-4-3-10(8)11(14)12(9)17-13/h3-7H,2,14H2,1H3. The zero-order chi connectivity index (χ0) is 12.5. The molecule has 1 aromatic carbocycles. The van der Waals surface area contributed by atoms with Gasteiger partial charge < -0.3 is 5.73 Å². The van der Waals surface area contributed by atoms with Crippen molar-refractivity contribution in [2.45, 2.75) is 12.1 Å². The molecule has 0 saturated carbocycles. The van der Waals surface area contributed by atoms with E-state index in [9.17, 15) is 0 Å². The highest BCUT2D eigenvalue weighted by molar-refractivity contribution is 7.99. The molecule has 2 heterocycles. The summed E-state index contributed by atoms with van der Waals surface area (Å²) in [6.07, 6.45) is 5.37. The van der Waals surface area contributed by atoms with Crippen molar-refractivity contribution in [3.63, 3.8) is 0 Å². The van der Waals surface area contributed by atoms with Gasteiger partial charge in [0.05, 0.1) is 11.2 Å². The molecule has 0 aliphatic carbocycles. The van der Waals surface area contributed by atoms with Gasteiger partial charge >= 0.3 is 0 Å². The van der Waals surface area contributed by atoms with Crippen molar-refractivity contribution >= 4 is 39.1 Å². The first kappa shape index (κ1) is 11.2. The number of benzene rings is 1. The van der Waals surface area contributed by atoms with Crippen LogP contribution < -0.4 is 5.73 Å². The Morgan fingerprint density at radius 1 is 1.28 bits per heavy atom. The molecule has 0 spiro atoms. The second-order valence-corrected chi connectivity index (χ2v) is 5.14. The van der Waals surface area contributed by atoms with Crippen LogP contribution in [0.4, 0.5) is 5.69 Å². The molecule has 0 saturated heterocycles. The zero-order valence-electron chi connectivity index (χ0n) is 9.92. The third kappa shape index (κ3) is 1.76. The average molecular weight is 256 g/mol. The van der Waals surface area contributed by atoms with Gasteiger partial charge in [-0.1, -0.05) is 18.7 Å². The summed E-state index contributed by atoms with van der Waals surface area (Å²) in [5.74, 6) is 0.947. The first-order valence-corrected chi connectivity index (χ1v) is 6.70. The topological polar surface area (TPSA) is 64.7 Å². The minimum atomic E-state index is 0.699. The van der Waals surface area contributed by atoms with Gasteiger partial charge in [0.2, 0.25) is 0 Å². The highest BCUT2D eigenvalue weighted by Gasteiger charge is 2.07. The number of rotatable bonds is 2. The van der Waals surface area contributed by atoms with Crippen molar-refractivity contribution in [2.75, 3.05) is 11.5 Å². The summed E-state index contributed by atoms with van der Waals surface area (Å²) in [4.78, 5) is 12.9. The van der Waals surface area contributed by atoms with Crippen molar-refractivity contribution in [2.24, 2.45) is 0 Å². The Balaban J connectivity index is 2.34. The molecule has 0 aliphatic rings. The van der Waals surface area contributed by atoms with Gasteiger partial charge in [-0.2, -0.15) is 0 Å². The van der Waals surface area contributed by atoms with Crippen LogP contribution in [-0.2, 0) is 0 Å². The maximum Gasteiger partial charge on any atom is 0.188 e. The third-order valence-corrected chi connectivity index (χ3v) is 3.52. The van der Waals surface area contributed by atoms with Crippen LogP contribution in [0.15, 0.2) is 35.9 Å². The maximum absolute atomic E-state index is 6.19. The lowest BCUT2D eigenvalue weighted by molar-refractivity contribution is 1.01. The second-order valence-electron chi connectivity index (χ2n) is 3.91. The van der Waals surface area contributed by atoms with Crippen LogP contribution >= 0.6 is 11.8 Å². The number of nitrogens with zero attached hydrogens (tertiary/aromatic N) is 3. The van der Waals surface area contributed by atoms with Gasteiger partial charge in [-0.05, 0) is 17.9 Å². The average Bonchev–Trinajstić information content (AvgIpc) is 2.40. The van der Waals surface area contributed by atoms with Crippen LogP contribution in [0.2, 0.25) is 0 Å². The van der Waals surface area contributed by atoms with Crippen molar-refractivity contribution in [1.29, 1.82) is 0 Å². The monoisotopic (exact) mass is 256 g/mol. The number of aromatic nitrogens is 3. The highest BCUT2D eigenvalue weighted by Crippen LogP contribution is 2.29. The summed E-state index contributed by atoms with van der Waals surface area (Å²) in [6.45, 7) is 2.08. The van der Waals surface area contributed by atoms with Gasteiger partial charge in [0.1, 0.15) is 0 Å². The van der Waals surface area contributed by atoms with E-state index in [0.717, 1.165) is 32.6 Å². The van der Waals surface area contributed by atoms with E-state index in [4.69, 9.17) is 5.73 Å². The summed E-state index contributed by atoms with van der Waals surface area (Å²) in [7, 11) is 0. The summed E-state index contributed by atoms with van der Waals surface area (Å²) in [5.41, 5.74) is 7.71. The van der Waals surface area contributed by atoms with Crippen LogP contribution in [0.3, 0.4) is 0 Å². The van der Waals surface area contributed by atoms with Crippen molar-refractivity contribution < 1.29 is 0 Å². The number of nitrogen functional groups attached to an aromatic ring is 1. The molecule has 0 amide bonds. The fraction of sp³-hybridized carbons (Fsp3) is 0.154. The van der Waals surface area contributed by atoms with Gasteiger partial charge in [-0.15, -0.1) is 0 Å². The molecule has 2 N–H and O–H groups in total. The highest BCUT2D eigenvalue weighted by atomic mass is 32.2. The zero-order valence-corrected chi connectivity index (χ0v) is 10.7. The molecule has 4 nitrogen and oxygen atoms in total. The van der Waals surface area contributed by atoms with E-state index in [2.05, 4.69) is 21.9 Å². The molecule has 0 bridgehead atoms. The predicted molar refractivity (Wildman–Crippen MR) is 75.6 cm³/mol. The van der Waals surface area contributed by atoms with E-state index in [1.165, 1.54) is 0 Å². The quantitative estimate of drug-likeness (QED) is 0.330. The van der Waals surface area contributed by atoms with E-state index < -0.39 is 0 Å². The summed E-state index contributed by atoms with van der Waals surface area (Å²) < 4.78 is 0. The summed E-state index contributed by atoms with van der Waals surface area (Å²) in [6, 6.07) is 3.94. The summed E-state index contributed by atoms with van der Waals surface area (Å²) in [5, 5.41) is 3.73. The lowest BCUT2D eigenvalue weighted by atomic mass is 10.1. The van der Waals surface area contributed by atoms with Crippen molar-refractivity contribution in [3.8, 4) is 0 Å². The number of nitrogens with two attached hydrogens (primary N) is 1. The van der Waals surface area contributed by atoms with Crippen LogP contribution in [-0.4, -0.2) is 20.7 Å². The molecule has 3 aromatic rings. The number of hydrogen-bond donors (Lipinski definition) is 1.